The Morgan fingerprint density at radius 1 is 1.29 bits per heavy atom. The Bertz CT molecular complexity index is 800. The van der Waals surface area contributed by atoms with Crippen molar-refractivity contribution in [3.8, 4) is 0 Å². The quantitative estimate of drug-likeness (QED) is 0.837. The van der Waals surface area contributed by atoms with Gasteiger partial charge in [0.15, 0.2) is 9.84 Å². The first-order valence-corrected chi connectivity index (χ1v) is 9.62. The van der Waals surface area contributed by atoms with Gasteiger partial charge < -0.3 is 4.90 Å². The van der Waals surface area contributed by atoms with Gasteiger partial charge in [0, 0.05) is 18.7 Å². The van der Waals surface area contributed by atoms with Gasteiger partial charge in [-0.05, 0) is 37.1 Å². The van der Waals surface area contributed by atoms with Gasteiger partial charge in [0.1, 0.15) is 12.7 Å². The van der Waals surface area contributed by atoms with Crippen molar-refractivity contribution in [1.82, 2.24) is 19.7 Å². The Morgan fingerprint density at radius 3 is 2.67 bits per heavy atom. The predicted molar refractivity (Wildman–Crippen MR) is 88.4 cm³/mol. The van der Waals surface area contributed by atoms with Gasteiger partial charge in [-0.15, -0.1) is 0 Å². The summed E-state index contributed by atoms with van der Waals surface area (Å²) < 4.78 is 25.5. The van der Waals surface area contributed by atoms with Crippen LogP contribution in [0.2, 0.25) is 0 Å². The Kier molecular flexibility index (Phi) is 4.66. The highest BCUT2D eigenvalue weighted by Gasteiger charge is 2.26. The summed E-state index contributed by atoms with van der Waals surface area (Å²) in [5, 5.41) is 4.16. The molecule has 0 radical (unpaired) electrons. The minimum Gasteiger partial charge on any atom is -0.337 e. The molecule has 1 aromatic carbocycles. The fraction of sp³-hybridized carbons (Fsp3) is 0.438. The normalized spacial score (nSPS) is 18.5. The van der Waals surface area contributed by atoms with E-state index in [9.17, 15) is 13.2 Å². The van der Waals surface area contributed by atoms with Gasteiger partial charge >= 0.3 is 0 Å². The number of rotatable bonds is 4. The summed E-state index contributed by atoms with van der Waals surface area (Å²) in [6.07, 6.45) is 5.02. The molecular weight excluding hydrogens is 328 g/mol. The van der Waals surface area contributed by atoms with Gasteiger partial charge in [0.25, 0.3) is 5.91 Å². The topological polar surface area (TPSA) is 85.2 Å². The highest BCUT2D eigenvalue weighted by Crippen LogP contribution is 2.22. The Balaban J connectivity index is 1.74. The van der Waals surface area contributed by atoms with Gasteiger partial charge in [-0.25, -0.2) is 18.1 Å². The molecule has 0 aliphatic carbocycles. The number of benzene rings is 1. The molecule has 1 aromatic heterocycles. The van der Waals surface area contributed by atoms with Crippen LogP contribution in [0.5, 0.6) is 0 Å². The van der Waals surface area contributed by atoms with E-state index in [0.29, 0.717) is 18.7 Å². The maximum Gasteiger partial charge on any atom is 0.253 e. The number of carbonyl (C=O) groups excluding carboxylic acids is 1. The molecule has 0 unspecified atom stereocenters. The van der Waals surface area contributed by atoms with Gasteiger partial charge in [-0.1, -0.05) is 6.92 Å². The number of amides is 1. The number of piperidine rings is 1. The molecule has 3 rings (SSSR count). The largest absolute Gasteiger partial charge is 0.337 e. The average Bonchev–Trinajstić information content (AvgIpc) is 3.16. The summed E-state index contributed by atoms with van der Waals surface area (Å²) in [6.45, 7) is 2.88. The van der Waals surface area contributed by atoms with Gasteiger partial charge in [-0.2, -0.15) is 5.10 Å². The van der Waals surface area contributed by atoms with Crippen molar-refractivity contribution >= 4 is 15.7 Å². The van der Waals surface area contributed by atoms with Crippen LogP contribution in [0, 0.1) is 0 Å². The summed E-state index contributed by atoms with van der Waals surface area (Å²) in [5.41, 5.74) is 0.504. The molecule has 2 heterocycles. The molecule has 128 valence electrons. The zero-order valence-corrected chi connectivity index (χ0v) is 14.3. The van der Waals surface area contributed by atoms with Crippen LogP contribution in [0.1, 0.15) is 36.2 Å². The minimum absolute atomic E-state index is 0.0476. The van der Waals surface area contributed by atoms with E-state index < -0.39 is 9.84 Å². The predicted octanol–water partition coefficient (Wildman–Crippen LogP) is 1.55. The van der Waals surface area contributed by atoms with Crippen molar-refractivity contribution in [2.45, 2.75) is 30.7 Å². The monoisotopic (exact) mass is 348 g/mol. The van der Waals surface area contributed by atoms with Crippen LogP contribution in [0.15, 0.2) is 41.8 Å². The van der Waals surface area contributed by atoms with Crippen molar-refractivity contribution in [2.75, 3.05) is 18.8 Å². The maximum atomic E-state index is 12.7. The molecule has 0 N–H and O–H groups in total. The molecule has 1 aliphatic rings. The number of nitrogens with zero attached hydrogens (tertiary/aromatic N) is 4. The number of aromatic nitrogens is 3. The second-order valence-electron chi connectivity index (χ2n) is 5.85. The van der Waals surface area contributed by atoms with Crippen LogP contribution in [-0.2, 0) is 9.84 Å². The first-order valence-electron chi connectivity index (χ1n) is 7.97. The maximum absolute atomic E-state index is 12.7. The van der Waals surface area contributed by atoms with Gasteiger partial charge in [0.2, 0.25) is 0 Å². The van der Waals surface area contributed by atoms with Crippen LogP contribution in [0.25, 0.3) is 0 Å². The fourth-order valence-corrected chi connectivity index (χ4v) is 3.80. The molecule has 1 atom stereocenters. The van der Waals surface area contributed by atoms with Crippen molar-refractivity contribution in [1.29, 1.82) is 0 Å². The Hall–Kier alpha value is -2.22. The lowest BCUT2D eigenvalue weighted by molar-refractivity contribution is 0.0672. The first-order chi connectivity index (χ1) is 11.5. The van der Waals surface area contributed by atoms with Crippen LogP contribution in [0.3, 0.4) is 0 Å². The highest BCUT2D eigenvalue weighted by molar-refractivity contribution is 7.91. The van der Waals surface area contributed by atoms with E-state index >= 15 is 0 Å². The van der Waals surface area contributed by atoms with E-state index in [-0.39, 0.29) is 22.6 Å². The lowest BCUT2D eigenvalue weighted by Gasteiger charge is -2.32. The van der Waals surface area contributed by atoms with E-state index in [0.717, 1.165) is 12.8 Å². The van der Waals surface area contributed by atoms with Crippen LogP contribution < -0.4 is 0 Å². The van der Waals surface area contributed by atoms with E-state index in [4.69, 9.17) is 0 Å². The molecular formula is C16H20N4O3S. The van der Waals surface area contributed by atoms with E-state index in [1.165, 1.54) is 18.5 Å². The standard InChI is InChI=1S/C16H20N4O3S/c1-2-24(22,23)15-7-5-13(6-8-15)16(21)19-9-3-4-14(10-19)20-12-17-11-18-20/h5-8,11-12,14H,2-4,9-10H2,1H3/t14-/m0/s1. The summed E-state index contributed by atoms with van der Waals surface area (Å²) >= 11 is 0. The van der Waals surface area contributed by atoms with E-state index in [1.54, 1.807) is 35.0 Å². The van der Waals surface area contributed by atoms with Crippen LogP contribution >= 0.6 is 0 Å². The fourth-order valence-electron chi connectivity index (χ4n) is 2.92. The summed E-state index contributed by atoms with van der Waals surface area (Å²) in [6, 6.07) is 6.31. The SMILES string of the molecule is CCS(=O)(=O)c1ccc(C(=O)N2CCC[C@H](n3cncn3)C2)cc1. The second kappa shape index (κ2) is 6.72. The first kappa shape index (κ1) is 16.6. The van der Waals surface area contributed by atoms with Crippen molar-refractivity contribution in [2.24, 2.45) is 0 Å². The van der Waals surface area contributed by atoms with Gasteiger partial charge in [-0.3, -0.25) is 4.79 Å². The molecule has 8 heteroatoms. The molecule has 0 saturated carbocycles. The molecule has 7 nitrogen and oxygen atoms in total. The lowest BCUT2D eigenvalue weighted by Crippen LogP contribution is -2.40. The number of carbonyl (C=O) groups is 1. The number of sulfone groups is 1. The van der Waals surface area contributed by atoms with Crippen molar-refractivity contribution < 1.29 is 13.2 Å². The zero-order chi connectivity index (χ0) is 17.2. The molecule has 1 amide bonds. The van der Waals surface area contributed by atoms with E-state index in [1.807, 2.05) is 0 Å². The summed E-state index contributed by atoms with van der Waals surface area (Å²) in [7, 11) is -3.25. The lowest BCUT2D eigenvalue weighted by atomic mass is 10.0. The summed E-state index contributed by atoms with van der Waals surface area (Å²) in [4.78, 5) is 18.7. The minimum atomic E-state index is -3.25. The van der Waals surface area contributed by atoms with Crippen LogP contribution in [-0.4, -0.2) is 52.8 Å². The zero-order valence-electron chi connectivity index (χ0n) is 13.5. The summed E-state index contributed by atoms with van der Waals surface area (Å²) in [5.74, 6) is -0.0355. The Labute approximate surface area is 141 Å². The molecule has 0 spiro atoms. The van der Waals surface area contributed by atoms with Gasteiger partial charge in [0.05, 0.1) is 16.7 Å². The molecule has 0 bridgehead atoms. The van der Waals surface area contributed by atoms with Crippen molar-refractivity contribution in [3.05, 3.63) is 42.5 Å². The third-order valence-corrected chi connectivity index (χ3v) is 6.09. The van der Waals surface area contributed by atoms with Crippen LogP contribution in [0.4, 0.5) is 0 Å². The smallest absolute Gasteiger partial charge is 0.253 e. The molecule has 2 aromatic rings. The number of hydrogen-bond acceptors (Lipinski definition) is 5. The molecule has 1 saturated heterocycles. The molecule has 24 heavy (non-hydrogen) atoms. The third kappa shape index (κ3) is 3.33. The van der Waals surface area contributed by atoms with Crippen molar-refractivity contribution in [3.63, 3.8) is 0 Å². The molecule has 1 aliphatic heterocycles. The second-order valence-corrected chi connectivity index (χ2v) is 8.13. The highest BCUT2D eigenvalue weighted by atomic mass is 32.2. The third-order valence-electron chi connectivity index (χ3n) is 4.33. The Morgan fingerprint density at radius 2 is 2.04 bits per heavy atom. The van der Waals surface area contributed by atoms with E-state index in [2.05, 4.69) is 10.1 Å². The molecule has 1 fully saturated rings. The average molecular weight is 348 g/mol. The number of likely N-dealkylation sites (tertiary alicyclic amines) is 1. The number of hydrogen-bond donors (Lipinski definition) is 0.